The number of likely N-dealkylation sites (tertiary alicyclic amines) is 1. The largest absolute Gasteiger partial charge is 0.466 e. The van der Waals surface area contributed by atoms with Gasteiger partial charge in [-0.05, 0) is 69.2 Å². The number of benzene rings is 2. The van der Waals surface area contributed by atoms with Crippen LogP contribution in [0.2, 0.25) is 0 Å². The quantitative estimate of drug-likeness (QED) is 0.195. The van der Waals surface area contributed by atoms with Gasteiger partial charge < -0.3 is 14.2 Å². The van der Waals surface area contributed by atoms with Crippen molar-refractivity contribution in [1.29, 1.82) is 0 Å². The van der Waals surface area contributed by atoms with Gasteiger partial charge >= 0.3 is 24.4 Å². The Bertz CT molecular complexity index is 1270. The van der Waals surface area contributed by atoms with Crippen molar-refractivity contribution in [2.45, 2.75) is 69.8 Å². The predicted octanol–water partition coefficient (Wildman–Crippen LogP) is 7.44. The molecule has 42 heavy (non-hydrogen) atoms. The van der Waals surface area contributed by atoms with Gasteiger partial charge in [0.15, 0.2) is 0 Å². The van der Waals surface area contributed by atoms with Gasteiger partial charge in [0.1, 0.15) is 11.4 Å². The first-order valence-corrected chi connectivity index (χ1v) is 12.8. The highest BCUT2D eigenvalue weighted by Crippen LogP contribution is 2.42. The molecule has 6 nitrogen and oxygen atoms in total. The maximum absolute atomic E-state index is 13.8. The lowest BCUT2D eigenvalue weighted by Gasteiger charge is -2.29. The number of alkyl halides is 6. The van der Waals surface area contributed by atoms with Gasteiger partial charge in [0.05, 0.1) is 43.0 Å². The summed E-state index contributed by atoms with van der Waals surface area (Å²) >= 11 is 0. The van der Waals surface area contributed by atoms with Crippen molar-refractivity contribution in [2.24, 2.45) is 0 Å². The van der Waals surface area contributed by atoms with E-state index in [4.69, 9.17) is 9.47 Å². The molecule has 0 bridgehead atoms. The molecular weight excluding hydrogens is 575 g/mol. The predicted molar refractivity (Wildman–Crippen MR) is 137 cm³/mol. The van der Waals surface area contributed by atoms with Gasteiger partial charge in [0.2, 0.25) is 0 Å². The summed E-state index contributed by atoms with van der Waals surface area (Å²) in [7, 11) is 1.14. The number of esters is 1. The van der Waals surface area contributed by atoms with Crippen LogP contribution in [0.25, 0.3) is 0 Å². The van der Waals surface area contributed by atoms with E-state index in [0.717, 1.165) is 25.3 Å². The molecule has 13 heteroatoms. The molecule has 1 aliphatic rings. The fraction of sp³-hybridized carbons (Fsp3) is 0.448. The zero-order chi connectivity index (χ0) is 31.6. The second-order valence-corrected chi connectivity index (χ2v) is 10.7. The van der Waals surface area contributed by atoms with E-state index in [9.17, 15) is 40.3 Å². The molecule has 0 aromatic heterocycles. The second kappa shape index (κ2) is 12.3. The number of nitrogens with zero attached hydrogens (tertiary/aromatic N) is 1. The van der Waals surface area contributed by atoms with Gasteiger partial charge in [-0.3, -0.25) is 4.90 Å². The maximum atomic E-state index is 13.8. The third-order valence-corrected chi connectivity index (χ3v) is 6.48. The monoisotopic (exact) mass is 605 g/mol. The number of rotatable bonds is 6. The molecule has 1 amide bonds. The highest BCUT2D eigenvalue weighted by atomic mass is 19.4. The van der Waals surface area contributed by atoms with Crippen molar-refractivity contribution in [3.8, 4) is 0 Å². The van der Waals surface area contributed by atoms with E-state index in [2.05, 4.69) is 4.74 Å². The maximum Gasteiger partial charge on any atom is 0.416 e. The van der Waals surface area contributed by atoms with E-state index >= 15 is 0 Å². The molecule has 0 N–H and O–H groups in total. The Kier molecular flexibility index (Phi) is 9.65. The van der Waals surface area contributed by atoms with Crippen LogP contribution in [0, 0.1) is 5.82 Å². The molecule has 0 saturated carbocycles. The minimum atomic E-state index is -5.06. The van der Waals surface area contributed by atoms with Crippen LogP contribution in [-0.4, -0.2) is 48.4 Å². The van der Waals surface area contributed by atoms with Crippen LogP contribution in [0.5, 0.6) is 0 Å². The number of amides is 1. The van der Waals surface area contributed by atoms with Gasteiger partial charge in [-0.25, -0.2) is 14.0 Å². The SMILES string of the molecule is COC(=O)/C=C/[C@H]1[C@H](c2ccc(F)cc2)[C@@H](O[C@H](C)c2cc(C(F)(F)F)cc(C(F)(F)F)c2)CN1C(=O)OC(C)(C)C. The average molecular weight is 606 g/mol. The Morgan fingerprint density at radius 1 is 0.952 bits per heavy atom. The summed E-state index contributed by atoms with van der Waals surface area (Å²) in [6.07, 6.45) is -10.9. The molecule has 0 unspecified atom stereocenters. The van der Waals surface area contributed by atoms with Gasteiger partial charge in [-0.2, -0.15) is 26.3 Å². The van der Waals surface area contributed by atoms with Gasteiger partial charge in [-0.1, -0.05) is 18.2 Å². The summed E-state index contributed by atoms with van der Waals surface area (Å²) in [5.41, 5.74) is -3.90. The summed E-state index contributed by atoms with van der Waals surface area (Å²) in [6, 6.07) is 5.32. The Morgan fingerprint density at radius 3 is 1.98 bits per heavy atom. The van der Waals surface area contributed by atoms with Crippen LogP contribution in [-0.2, 0) is 31.4 Å². The molecule has 0 radical (unpaired) electrons. The standard InChI is InChI=1S/C29H30F7NO5/c1-16(18-12-19(28(31,32)33)14-20(13-18)29(34,35)36)41-23-15-37(26(39)42-27(2,3)4)22(10-11-24(38)40-5)25(23)17-6-8-21(30)9-7-17/h6-14,16,22-23,25H,15H2,1-5H3/b11-10+/t16-,22+,23+,25+/m1/s1. The molecule has 1 aliphatic heterocycles. The fourth-order valence-electron chi connectivity index (χ4n) is 4.61. The van der Waals surface area contributed by atoms with Crippen LogP contribution in [0.15, 0.2) is 54.6 Å². The van der Waals surface area contributed by atoms with Gasteiger partial charge in [0, 0.05) is 12.0 Å². The van der Waals surface area contributed by atoms with E-state index in [0.29, 0.717) is 17.7 Å². The van der Waals surface area contributed by atoms with Crippen molar-refractivity contribution in [3.63, 3.8) is 0 Å². The number of ether oxygens (including phenoxy) is 3. The second-order valence-electron chi connectivity index (χ2n) is 10.7. The zero-order valence-corrected chi connectivity index (χ0v) is 23.3. The Labute approximate surface area is 238 Å². The summed E-state index contributed by atoms with van der Waals surface area (Å²) < 4.78 is 111. The lowest BCUT2D eigenvalue weighted by molar-refractivity contribution is -0.143. The van der Waals surface area contributed by atoms with E-state index in [1.54, 1.807) is 20.8 Å². The summed E-state index contributed by atoms with van der Waals surface area (Å²) in [5, 5.41) is 0. The van der Waals surface area contributed by atoms with Crippen molar-refractivity contribution in [1.82, 2.24) is 4.90 Å². The van der Waals surface area contributed by atoms with Gasteiger partial charge in [0.25, 0.3) is 0 Å². The lowest BCUT2D eigenvalue weighted by Crippen LogP contribution is -2.40. The van der Waals surface area contributed by atoms with E-state index < -0.39 is 76.7 Å². The molecular formula is C29H30F7NO5. The average Bonchev–Trinajstić information content (AvgIpc) is 3.23. The van der Waals surface area contributed by atoms with Crippen molar-refractivity contribution in [3.05, 3.63) is 82.7 Å². The molecule has 1 saturated heterocycles. The number of hydrogen-bond donors (Lipinski definition) is 0. The number of carbonyl (C=O) groups excluding carboxylic acids is 2. The lowest BCUT2D eigenvalue weighted by atomic mass is 9.89. The summed E-state index contributed by atoms with van der Waals surface area (Å²) in [4.78, 5) is 26.4. The molecule has 0 spiro atoms. The normalized spacial score (nSPS) is 20.6. The van der Waals surface area contributed by atoms with E-state index in [1.165, 1.54) is 30.0 Å². The zero-order valence-electron chi connectivity index (χ0n) is 23.3. The molecule has 2 aromatic rings. The molecule has 1 fully saturated rings. The minimum Gasteiger partial charge on any atom is -0.466 e. The highest BCUT2D eigenvalue weighted by Gasteiger charge is 2.47. The van der Waals surface area contributed by atoms with E-state index in [-0.39, 0.29) is 12.6 Å². The van der Waals surface area contributed by atoms with Crippen LogP contribution in [0.1, 0.15) is 62.0 Å². The Hall–Kier alpha value is -3.61. The van der Waals surface area contributed by atoms with Crippen LogP contribution in [0.3, 0.4) is 0 Å². The molecule has 4 atom stereocenters. The highest BCUT2D eigenvalue weighted by molar-refractivity contribution is 5.82. The van der Waals surface area contributed by atoms with Crippen LogP contribution >= 0.6 is 0 Å². The van der Waals surface area contributed by atoms with Crippen molar-refractivity contribution < 1.29 is 54.5 Å². The number of hydrogen-bond acceptors (Lipinski definition) is 5. The summed E-state index contributed by atoms with van der Waals surface area (Å²) in [6.45, 7) is 5.94. The van der Waals surface area contributed by atoms with Crippen LogP contribution in [0.4, 0.5) is 35.5 Å². The molecule has 1 heterocycles. The number of carbonyl (C=O) groups is 2. The first-order chi connectivity index (χ1) is 19.3. The topological polar surface area (TPSA) is 65.1 Å². The fourth-order valence-corrected chi connectivity index (χ4v) is 4.61. The first kappa shape index (κ1) is 32.9. The molecule has 230 valence electrons. The van der Waals surface area contributed by atoms with Crippen LogP contribution < -0.4 is 0 Å². The van der Waals surface area contributed by atoms with Crippen molar-refractivity contribution >= 4 is 12.1 Å². The summed E-state index contributed by atoms with van der Waals surface area (Å²) in [5.74, 6) is -2.16. The third-order valence-electron chi connectivity index (χ3n) is 6.48. The molecule has 0 aliphatic carbocycles. The smallest absolute Gasteiger partial charge is 0.416 e. The number of halogens is 7. The first-order valence-electron chi connectivity index (χ1n) is 12.8. The third kappa shape index (κ3) is 8.24. The minimum absolute atomic E-state index is 0.0188. The molecule has 2 aromatic carbocycles. The Balaban J connectivity index is 2.09. The van der Waals surface area contributed by atoms with Gasteiger partial charge in [-0.15, -0.1) is 0 Å². The Morgan fingerprint density at radius 2 is 1.50 bits per heavy atom. The van der Waals surface area contributed by atoms with E-state index in [1.807, 2.05) is 0 Å². The van der Waals surface area contributed by atoms with Crippen molar-refractivity contribution in [2.75, 3.05) is 13.7 Å². The molecule has 3 rings (SSSR count). The number of methoxy groups -OCH3 is 1.